The van der Waals surface area contributed by atoms with Crippen LogP contribution in [0.4, 0.5) is 0 Å². The van der Waals surface area contributed by atoms with Crippen molar-refractivity contribution in [1.29, 1.82) is 0 Å². The predicted molar refractivity (Wildman–Crippen MR) is 130 cm³/mol. The minimum Gasteiger partial charge on any atom is -0.0537 e. The zero-order chi connectivity index (χ0) is 21.1. The number of hydrogen-bond donors (Lipinski definition) is 0. The molecule has 0 atom stereocenters. The van der Waals surface area contributed by atoms with Crippen LogP contribution >= 0.6 is 0 Å². The SMILES string of the molecule is C1=C=C=c2ccc3c4c(ccc(c24)=C=C=C=C=c2ccc4c5c(ccc(c25)=C=1)=CC=4)=CC=3. The Balaban J connectivity index is 1.89. The van der Waals surface area contributed by atoms with Gasteiger partial charge in [0.2, 0.25) is 0 Å². The first-order valence-electron chi connectivity index (χ1n) is 10.5. The lowest BCUT2D eigenvalue weighted by Crippen LogP contribution is -2.22. The van der Waals surface area contributed by atoms with E-state index in [1.807, 2.05) is 0 Å². The monoisotopic (exact) mass is 396 g/mol. The van der Waals surface area contributed by atoms with Gasteiger partial charge in [0.25, 0.3) is 0 Å². The minimum absolute atomic E-state index is 0.947. The molecule has 0 amide bonds. The lowest BCUT2D eigenvalue weighted by molar-refractivity contribution is 1.58. The van der Waals surface area contributed by atoms with Crippen LogP contribution in [0.15, 0.2) is 71.5 Å². The average Bonchev–Trinajstić information content (AvgIpc) is 3.44. The van der Waals surface area contributed by atoms with Gasteiger partial charge in [0, 0.05) is 31.6 Å². The summed E-state index contributed by atoms with van der Waals surface area (Å²) in [5, 5.41) is 13.2. The summed E-state index contributed by atoms with van der Waals surface area (Å²) in [6.45, 7) is 0. The van der Waals surface area contributed by atoms with Gasteiger partial charge in [-0.15, -0.1) is 0 Å². The van der Waals surface area contributed by atoms with Crippen molar-refractivity contribution in [2.24, 2.45) is 0 Å². The van der Waals surface area contributed by atoms with Gasteiger partial charge in [-0.3, -0.25) is 0 Å². The molecule has 0 radical (unpaired) electrons. The molecular weight excluding hydrogens is 384 g/mol. The molecule has 0 heterocycles. The number of benzene rings is 4. The van der Waals surface area contributed by atoms with Crippen molar-refractivity contribution in [2.45, 2.75) is 0 Å². The van der Waals surface area contributed by atoms with Gasteiger partial charge in [-0.25, -0.2) is 0 Å². The predicted octanol–water partition coefficient (Wildman–Crippen LogP) is 0.106. The van der Waals surface area contributed by atoms with Gasteiger partial charge < -0.3 is 0 Å². The van der Waals surface area contributed by atoms with Crippen LogP contribution in [0, 0.1) is 0 Å². The molecule has 0 fully saturated rings. The third-order valence-electron chi connectivity index (χ3n) is 6.25. The van der Waals surface area contributed by atoms with E-state index in [9.17, 15) is 0 Å². The Morgan fingerprint density at radius 3 is 0.875 bits per heavy atom. The quantitative estimate of drug-likeness (QED) is 0.326. The zero-order valence-electron chi connectivity index (χ0n) is 16.9. The normalized spacial score (nSPS) is 12.8. The maximum atomic E-state index is 3.29. The summed E-state index contributed by atoms with van der Waals surface area (Å²) in [6, 6.07) is 16.7. The van der Waals surface area contributed by atoms with Crippen molar-refractivity contribution in [3.63, 3.8) is 0 Å². The van der Waals surface area contributed by atoms with Crippen LogP contribution in [-0.2, 0) is 0 Å². The molecule has 0 saturated carbocycles. The maximum Gasteiger partial charge on any atom is 0.0347 e. The van der Waals surface area contributed by atoms with Gasteiger partial charge in [0.15, 0.2) is 0 Å². The lowest BCUT2D eigenvalue weighted by Gasteiger charge is -1.98. The van der Waals surface area contributed by atoms with E-state index in [0.717, 1.165) is 31.6 Å². The minimum atomic E-state index is 0.947. The van der Waals surface area contributed by atoms with Crippen molar-refractivity contribution >= 4 is 68.8 Å². The van der Waals surface area contributed by atoms with Crippen LogP contribution in [0.2, 0.25) is 0 Å². The summed E-state index contributed by atoms with van der Waals surface area (Å²) >= 11 is 0. The molecule has 3 aliphatic carbocycles. The Morgan fingerprint density at radius 2 is 0.594 bits per heavy atom. The summed E-state index contributed by atoms with van der Waals surface area (Å²) < 4.78 is 0. The molecule has 0 saturated heterocycles. The van der Waals surface area contributed by atoms with Crippen molar-refractivity contribution in [3.8, 4) is 0 Å². The van der Waals surface area contributed by atoms with Gasteiger partial charge in [-0.1, -0.05) is 71.5 Å². The standard InChI is InChI=1S/C32H12/c1-2-6-22-10-14-27-19-20-28-16-12-24(30(22)32(27)28)8-4-3-7-23-11-15-26-18-17-25-13-9-21(5-1)29(23)31(25)26/h9-20H. The van der Waals surface area contributed by atoms with E-state index in [2.05, 4.69) is 119 Å². The summed E-state index contributed by atoms with van der Waals surface area (Å²) in [7, 11) is 0. The largest absolute Gasteiger partial charge is 0.0537 e. The van der Waals surface area contributed by atoms with E-state index < -0.39 is 0 Å². The maximum absolute atomic E-state index is 3.29. The van der Waals surface area contributed by atoms with Crippen molar-refractivity contribution in [1.82, 2.24) is 0 Å². The number of rotatable bonds is 0. The Hall–Kier alpha value is -4.88. The highest BCUT2D eigenvalue weighted by molar-refractivity contribution is 5.94. The molecule has 0 aromatic heterocycles. The molecule has 4 aromatic carbocycles. The average molecular weight is 396 g/mol. The van der Waals surface area contributed by atoms with Crippen LogP contribution in [0.3, 0.4) is 0 Å². The summed E-state index contributed by atoms with van der Waals surface area (Å²) in [4.78, 5) is 0. The number of hydrogen-bond acceptors (Lipinski definition) is 0. The fourth-order valence-electron chi connectivity index (χ4n) is 4.82. The Labute approximate surface area is 182 Å². The van der Waals surface area contributed by atoms with E-state index in [-0.39, 0.29) is 0 Å². The molecule has 3 aliphatic rings. The smallest absolute Gasteiger partial charge is 0.0347 e. The molecule has 7 rings (SSSR count). The second-order valence-corrected chi connectivity index (χ2v) is 7.98. The molecule has 0 bridgehead atoms. The second-order valence-electron chi connectivity index (χ2n) is 7.98. The van der Waals surface area contributed by atoms with Crippen LogP contribution in [0.5, 0.6) is 0 Å². The van der Waals surface area contributed by atoms with E-state index in [4.69, 9.17) is 0 Å². The third-order valence-corrected chi connectivity index (χ3v) is 6.25. The van der Waals surface area contributed by atoms with E-state index in [0.29, 0.717) is 0 Å². The molecule has 4 aromatic rings. The summed E-state index contributed by atoms with van der Waals surface area (Å²) in [6.07, 6.45) is 8.58. The van der Waals surface area contributed by atoms with Crippen LogP contribution in [0.1, 0.15) is 0 Å². The Kier molecular flexibility index (Phi) is 3.32. The van der Waals surface area contributed by atoms with E-state index >= 15 is 0 Å². The highest BCUT2D eigenvalue weighted by Crippen LogP contribution is 1.99. The molecule has 140 valence electrons. The van der Waals surface area contributed by atoms with Crippen LogP contribution in [0.25, 0.3) is 68.8 Å². The van der Waals surface area contributed by atoms with Gasteiger partial charge in [-0.05, 0) is 78.8 Å². The van der Waals surface area contributed by atoms with Gasteiger partial charge in [0.1, 0.15) is 0 Å². The van der Waals surface area contributed by atoms with Crippen LogP contribution < -0.4 is 41.7 Å². The molecular formula is C32H12. The first kappa shape index (κ1) is 16.9. The van der Waals surface area contributed by atoms with Gasteiger partial charge >= 0.3 is 0 Å². The first-order valence-corrected chi connectivity index (χ1v) is 10.5. The first-order chi connectivity index (χ1) is 15.9. The molecule has 0 aliphatic heterocycles. The molecule has 32 heavy (non-hydrogen) atoms. The van der Waals surface area contributed by atoms with Gasteiger partial charge in [0.05, 0.1) is 0 Å². The lowest BCUT2D eigenvalue weighted by atomic mass is 10.0. The van der Waals surface area contributed by atoms with Crippen molar-refractivity contribution in [3.05, 3.63) is 113 Å². The fraction of sp³-hybridized carbons (Fsp3) is 0. The van der Waals surface area contributed by atoms with Crippen molar-refractivity contribution in [2.75, 3.05) is 0 Å². The molecule has 0 unspecified atom stereocenters. The Morgan fingerprint density at radius 1 is 0.312 bits per heavy atom. The second kappa shape index (κ2) is 6.31. The van der Waals surface area contributed by atoms with Crippen LogP contribution in [-0.4, -0.2) is 0 Å². The summed E-state index contributed by atoms with van der Waals surface area (Å²) in [5.41, 5.74) is 25.5. The summed E-state index contributed by atoms with van der Waals surface area (Å²) in [5.74, 6) is 0. The third kappa shape index (κ3) is 2.33. The topological polar surface area (TPSA) is 0 Å². The van der Waals surface area contributed by atoms with Gasteiger partial charge in [-0.2, -0.15) is 0 Å². The molecule has 0 spiro atoms. The van der Waals surface area contributed by atoms with E-state index in [1.165, 1.54) is 31.6 Å². The Bertz CT molecular complexity index is 2030. The zero-order valence-corrected chi connectivity index (χ0v) is 16.9. The van der Waals surface area contributed by atoms with Crippen molar-refractivity contribution < 1.29 is 0 Å². The highest BCUT2D eigenvalue weighted by atomic mass is 14.1. The fourth-order valence-corrected chi connectivity index (χ4v) is 4.82. The molecule has 0 nitrogen and oxygen atoms in total. The molecule has 0 heteroatoms. The molecule has 0 N–H and O–H groups in total. The highest BCUT2D eigenvalue weighted by Gasteiger charge is 2.05. The van der Waals surface area contributed by atoms with E-state index in [1.54, 1.807) is 0 Å².